The molecule has 2 amide bonds. The van der Waals surface area contributed by atoms with Crippen LogP contribution >= 0.6 is 0 Å². The van der Waals surface area contributed by atoms with E-state index in [2.05, 4.69) is 5.32 Å². The zero-order valence-electron chi connectivity index (χ0n) is 29.3. The molecule has 0 saturated heterocycles. The molecule has 1 aliphatic rings. The summed E-state index contributed by atoms with van der Waals surface area (Å²) in [5, 5.41) is 2.27. The first-order valence-electron chi connectivity index (χ1n) is 18.5. The van der Waals surface area contributed by atoms with Gasteiger partial charge in [-0.25, -0.2) is 4.39 Å². The Labute approximate surface area is 297 Å². The number of nitrogens with one attached hydrogen (secondary N) is 1. The van der Waals surface area contributed by atoms with Crippen LogP contribution in [0.5, 0.6) is 11.5 Å². The monoisotopic (exact) mass is 681 g/mol. The predicted octanol–water partition coefficient (Wildman–Crippen LogP) is 10.5. The number of hydrogen-bond donors (Lipinski definition) is 1. The number of unbranched alkanes of at least 4 members (excludes halogenated alkanes) is 15. The number of allylic oxidation sites excluding steroid dienone is 1. The Kier molecular flexibility index (Phi) is 17.0. The molecule has 3 aromatic carbocycles. The maximum Gasteiger partial charge on any atom is 0.258 e. The fourth-order valence-corrected chi connectivity index (χ4v) is 5.97. The fraction of sp³-hybridized carbons (Fsp3) is 0.419. The van der Waals surface area contributed by atoms with E-state index in [1.165, 1.54) is 126 Å². The number of carbonyl (C=O) groups is 3. The fourth-order valence-electron chi connectivity index (χ4n) is 5.97. The van der Waals surface area contributed by atoms with Gasteiger partial charge in [0.15, 0.2) is 5.78 Å². The summed E-state index contributed by atoms with van der Waals surface area (Å²) in [6.07, 6.45) is 24.9. The molecule has 3 aromatic rings. The quantitative estimate of drug-likeness (QED) is 0.0417. The average Bonchev–Trinajstić information content (AvgIpc) is 3.47. The summed E-state index contributed by atoms with van der Waals surface area (Å²) in [6.45, 7) is 1.41. The van der Waals surface area contributed by atoms with Gasteiger partial charge < -0.3 is 9.47 Å². The van der Waals surface area contributed by atoms with Crippen LogP contribution in [0.1, 0.15) is 124 Å². The summed E-state index contributed by atoms with van der Waals surface area (Å²) in [6, 6.07) is 20.6. The average molecular weight is 682 g/mol. The Morgan fingerprint density at radius 1 is 0.580 bits per heavy atom. The molecule has 0 spiro atoms. The zero-order chi connectivity index (χ0) is 35.2. The SMILES string of the molecule is O=C1C=C(c2ccc(OCCCCCCCCCCCCCCCCCCOc3ccc(C=CC(=O)c4ccc(F)cc4)cc3)cc2)C(=O)N1. The second-order valence-electron chi connectivity index (χ2n) is 13.0. The van der Waals surface area contributed by atoms with E-state index >= 15 is 0 Å². The number of ether oxygens (including phenoxy) is 2. The molecule has 1 heterocycles. The van der Waals surface area contributed by atoms with Crippen molar-refractivity contribution in [1.29, 1.82) is 0 Å². The summed E-state index contributed by atoms with van der Waals surface area (Å²) in [5.74, 6) is 0.402. The van der Waals surface area contributed by atoms with Gasteiger partial charge in [0.1, 0.15) is 17.3 Å². The largest absolute Gasteiger partial charge is 0.494 e. The van der Waals surface area contributed by atoms with Crippen molar-refractivity contribution < 1.29 is 28.2 Å². The van der Waals surface area contributed by atoms with Crippen molar-refractivity contribution in [2.45, 2.75) is 103 Å². The highest BCUT2D eigenvalue weighted by Gasteiger charge is 2.21. The normalized spacial score (nSPS) is 12.7. The van der Waals surface area contributed by atoms with Crippen LogP contribution in [0.4, 0.5) is 4.39 Å². The molecule has 0 saturated carbocycles. The van der Waals surface area contributed by atoms with Gasteiger partial charge in [0.2, 0.25) is 0 Å². The standard InChI is InChI=1S/C43H52FNO5/c44-37-24-20-36(21-25-37)41(46)30-19-34-17-26-38(27-18-34)49-31-15-13-11-9-7-5-3-1-2-4-6-8-10-12-14-16-32-50-39-28-22-35(23-29-39)40-33-42(47)45-43(40)48/h17-30,33H,1-16,31-32H2,(H,45,47,48). The third kappa shape index (κ3) is 14.5. The highest BCUT2D eigenvalue weighted by molar-refractivity contribution is 6.33. The van der Waals surface area contributed by atoms with Crippen LogP contribution < -0.4 is 14.8 Å². The number of rotatable bonds is 25. The zero-order valence-corrected chi connectivity index (χ0v) is 29.3. The molecule has 0 radical (unpaired) electrons. The van der Waals surface area contributed by atoms with E-state index in [1.54, 1.807) is 6.08 Å². The van der Waals surface area contributed by atoms with Crippen LogP contribution in [0.3, 0.4) is 0 Å². The highest BCUT2D eigenvalue weighted by atomic mass is 19.1. The van der Waals surface area contributed by atoms with Crippen molar-refractivity contribution in [3.63, 3.8) is 0 Å². The van der Waals surface area contributed by atoms with E-state index < -0.39 is 0 Å². The Morgan fingerprint density at radius 3 is 1.46 bits per heavy atom. The molecule has 50 heavy (non-hydrogen) atoms. The first-order valence-corrected chi connectivity index (χ1v) is 18.5. The summed E-state index contributed by atoms with van der Waals surface area (Å²) < 4.78 is 24.7. The topological polar surface area (TPSA) is 81.7 Å². The Balaban J connectivity index is 0.872. The summed E-state index contributed by atoms with van der Waals surface area (Å²) in [4.78, 5) is 35.3. The number of ketones is 1. The maximum absolute atomic E-state index is 13.0. The molecule has 1 N–H and O–H groups in total. The van der Waals surface area contributed by atoms with Crippen molar-refractivity contribution >= 4 is 29.2 Å². The van der Waals surface area contributed by atoms with Crippen LogP contribution in [0, 0.1) is 5.82 Å². The lowest BCUT2D eigenvalue weighted by atomic mass is 10.0. The molecule has 0 aromatic heterocycles. The Morgan fingerprint density at radius 2 is 1.02 bits per heavy atom. The van der Waals surface area contributed by atoms with Crippen molar-refractivity contribution in [3.8, 4) is 11.5 Å². The van der Waals surface area contributed by atoms with E-state index in [0.29, 0.717) is 17.7 Å². The minimum atomic E-state index is -0.366. The van der Waals surface area contributed by atoms with Crippen LogP contribution in [0.15, 0.2) is 84.9 Å². The third-order valence-electron chi connectivity index (χ3n) is 8.93. The lowest BCUT2D eigenvalue weighted by molar-refractivity contribution is -0.123. The molecule has 7 heteroatoms. The van der Waals surface area contributed by atoms with Gasteiger partial charge in [-0.3, -0.25) is 19.7 Å². The van der Waals surface area contributed by atoms with Crippen LogP contribution in [-0.2, 0) is 9.59 Å². The van der Waals surface area contributed by atoms with E-state index in [-0.39, 0.29) is 23.4 Å². The first-order chi connectivity index (χ1) is 24.5. The van der Waals surface area contributed by atoms with Crippen LogP contribution in [0.25, 0.3) is 11.6 Å². The predicted molar refractivity (Wildman–Crippen MR) is 199 cm³/mol. The lowest BCUT2D eigenvalue weighted by Crippen LogP contribution is -2.21. The van der Waals surface area contributed by atoms with Gasteiger partial charge in [-0.05, 0) is 78.6 Å². The summed E-state index contributed by atoms with van der Waals surface area (Å²) in [7, 11) is 0. The van der Waals surface area contributed by atoms with Gasteiger partial charge in [-0.1, -0.05) is 120 Å². The molecule has 0 fully saturated rings. The van der Waals surface area contributed by atoms with E-state index in [0.717, 1.165) is 42.1 Å². The summed E-state index contributed by atoms with van der Waals surface area (Å²) in [5.41, 5.74) is 2.50. The van der Waals surface area contributed by atoms with Crippen LogP contribution in [-0.4, -0.2) is 30.8 Å². The molecular formula is C43H52FNO5. The molecule has 0 aliphatic carbocycles. The van der Waals surface area contributed by atoms with Crippen LogP contribution in [0.2, 0.25) is 0 Å². The smallest absolute Gasteiger partial charge is 0.258 e. The van der Waals surface area contributed by atoms with Gasteiger partial charge in [0, 0.05) is 11.6 Å². The Bertz CT molecular complexity index is 1530. The number of halogens is 1. The molecule has 0 bridgehead atoms. The maximum atomic E-state index is 13.0. The minimum absolute atomic E-state index is 0.153. The second kappa shape index (κ2) is 22.2. The first kappa shape index (κ1) is 38.3. The third-order valence-corrected chi connectivity index (χ3v) is 8.93. The van der Waals surface area contributed by atoms with E-state index in [4.69, 9.17) is 9.47 Å². The molecule has 4 rings (SSSR count). The van der Waals surface area contributed by atoms with E-state index in [1.807, 2.05) is 48.5 Å². The molecular weight excluding hydrogens is 629 g/mol. The Hall–Kier alpha value is -4.52. The van der Waals surface area contributed by atoms with Gasteiger partial charge in [-0.15, -0.1) is 0 Å². The minimum Gasteiger partial charge on any atom is -0.494 e. The van der Waals surface area contributed by atoms with Gasteiger partial charge >= 0.3 is 0 Å². The second-order valence-corrected chi connectivity index (χ2v) is 13.0. The van der Waals surface area contributed by atoms with Gasteiger partial charge in [0.25, 0.3) is 11.8 Å². The van der Waals surface area contributed by atoms with Crippen molar-refractivity contribution in [2.75, 3.05) is 13.2 Å². The van der Waals surface area contributed by atoms with Gasteiger partial charge in [0.05, 0.1) is 18.8 Å². The van der Waals surface area contributed by atoms with E-state index in [9.17, 15) is 18.8 Å². The van der Waals surface area contributed by atoms with Crippen molar-refractivity contribution in [3.05, 3.63) is 107 Å². The molecule has 1 aliphatic heterocycles. The lowest BCUT2D eigenvalue weighted by Gasteiger charge is -2.07. The number of imide groups is 1. The van der Waals surface area contributed by atoms with Crippen molar-refractivity contribution in [2.24, 2.45) is 0 Å². The number of amides is 2. The number of hydrogen-bond acceptors (Lipinski definition) is 5. The molecule has 6 nitrogen and oxygen atoms in total. The van der Waals surface area contributed by atoms with Gasteiger partial charge in [-0.2, -0.15) is 0 Å². The number of benzene rings is 3. The molecule has 266 valence electrons. The van der Waals surface area contributed by atoms with Crippen molar-refractivity contribution in [1.82, 2.24) is 5.32 Å². The summed E-state index contributed by atoms with van der Waals surface area (Å²) >= 11 is 0. The molecule has 0 atom stereocenters. The number of carbonyl (C=O) groups excluding carboxylic acids is 3. The highest BCUT2D eigenvalue weighted by Crippen LogP contribution is 2.22. The molecule has 0 unspecified atom stereocenters.